The molecule has 0 aromatic heterocycles. The molecule has 0 bridgehead atoms. The molecular formula is C18H19NO3S. The van der Waals surface area contributed by atoms with Crippen molar-refractivity contribution in [2.45, 2.75) is 18.2 Å². The van der Waals surface area contributed by atoms with Gasteiger partial charge < -0.3 is 5.32 Å². The van der Waals surface area contributed by atoms with Gasteiger partial charge in [-0.15, -0.1) is 0 Å². The Balaban J connectivity index is 2.05. The van der Waals surface area contributed by atoms with Crippen molar-refractivity contribution in [3.63, 3.8) is 0 Å². The Kier molecular flexibility index (Phi) is 5.34. The minimum absolute atomic E-state index is 0.175. The summed E-state index contributed by atoms with van der Waals surface area (Å²) >= 11 is 0. The van der Waals surface area contributed by atoms with Gasteiger partial charge in [-0.1, -0.05) is 37.3 Å². The van der Waals surface area contributed by atoms with Crippen LogP contribution in [0.25, 0.3) is 6.08 Å². The quantitative estimate of drug-likeness (QED) is 0.856. The van der Waals surface area contributed by atoms with E-state index < -0.39 is 9.84 Å². The fraction of sp³-hybridized carbons (Fsp3) is 0.167. The summed E-state index contributed by atoms with van der Waals surface area (Å²) in [4.78, 5) is 12.1. The second kappa shape index (κ2) is 7.24. The van der Waals surface area contributed by atoms with Gasteiger partial charge in [-0.2, -0.15) is 0 Å². The average molecular weight is 329 g/mol. The van der Waals surface area contributed by atoms with Crippen LogP contribution >= 0.6 is 0 Å². The van der Waals surface area contributed by atoms with Gasteiger partial charge in [0, 0.05) is 18.0 Å². The number of carbonyl (C=O) groups is 1. The van der Waals surface area contributed by atoms with Gasteiger partial charge in [0.05, 0.1) is 4.90 Å². The zero-order valence-corrected chi connectivity index (χ0v) is 13.9. The Morgan fingerprint density at radius 1 is 1.13 bits per heavy atom. The third-order valence-electron chi connectivity index (χ3n) is 3.34. The van der Waals surface area contributed by atoms with Crippen molar-refractivity contribution in [3.8, 4) is 0 Å². The molecule has 1 amide bonds. The highest BCUT2D eigenvalue weighted by atomic mass is 32.2. The van der Waals surface area contributed by atoms with Crippen LogP contribution in [0, 0.1) is 0 Å². The molecule has 4 nitrogen and oxygen atoms in total. The summed E-state index contributed by atoms with van der Waals surface area (Å²) in [5.74, 6) is -0.310. The first-order valence-corrected chi connectivity index (χ1v) is 9.16. The Morgan fingerprint density at radius 3 is 2.43 bits per heavy atom. The maximum absolute atomic E-state index is 11.9. The van der Waals surface area contributed by atoms with Crippen LogP contribution in [-0.4, -0.2) is 20.6 Å². The lowest BCUT2D eigenvalue weighted by atomic mass is 10.1. The van der Waals surface area contributed by atoms with Gasteiger partial charge in [0.15, 0.2) is 9.84 Å². The highest BCUT2D eigenvalue weighted by Gasteiger charge is 2.07. The van der Waals surface area contributed by atoms with Crippen LogP contribution in [0.5, 0.6) is 0 Å². The Bertz CT molecular complexity index is 822. The van der Waals surface area contributed by atoms with E-state index in [4.69, 9.17) is 0 Å². The number of hydrogen-bond donors (Lipinski definition) is 1. The number of aryl methyl sites for hydroxylation is 1. The molecule has 2 rings (SSSR count). The van der Waals surface area contributed by atoms with Crippen LogP contribution in [0.3, 0.4) is 0 Å². The summed E-state index contributed by atoms with van der Waals surface area (Å²) in [7, 11) is -3.29. The predicted molar refractivity (Wildman–Crippen MR) is 93.0 cm³/mol. The summed E-state index contributed by atoms with van der Waals surface area (Å²) in [6.07, 6.45) is 5.25. The molecule has 0 spiro atoms. The van der Waals surface area contributed by atoms with E-state index in [1.807, 2.05) is 24.3 Å². The van der Waals surface area contributed by atoms with Gasteiger partial charge in [0.2, 0.25) is 5.91 Å². The number of benzene rings is 2. The zero-order chi connectivity index (χ0) is 16.9. The molecule has 0 fully saturated rings. The van der Waals surface area contributed by atoms with Crippen LogP contribution in [0.2, 0.25) is 0 Å². The number of hydrogen-bond acceptors (Lipinski definition) is 3. The van der Waals surface area contributed by atoms with E-state index in [0.29, 0.717) is 5.69 Å². The van der Waals surface area contributed by atoms with E-state index in [0.717, 1.165) is 18.2 Å². The summed E-state index contributed by atoms with van der Waals surface area (Å²) in [5.41, 5.74) is 2.62. The normalized spacial score (nSPS) is 11.6. The molecule has 0 saturated heterocycles. The fourth-order valence-electron chi connectivity index (χ4n) is 2.02. The minimum atomic E-state index is -3.29. The van der Waals surface area contributed by atoms with Crippen LogP contribution in [0.1, 0.15) is 18.1 Å². The second-order valence-electron chi connectivity index (χ2n) is 5.22. The molecule has 0 atom stereocenters. The van der Waals surface area contributed by atoms with E-state index >= 15 is 0 Å². The van der Waals surface area contributed by atoms with Crippen LogP contribution in [0.15, 0.2) is 59.5 Å². The zero-order valence-electron chi connectivity index (χ0n) is 13.1. The monoisotopic (exact) mass is 329 g/mol. The molecule has 1 N–H and O–H groups in total. The predicted octanol–water partition coefficient (Wildman–Crippen LogP) is 3.30. The average Bonchev–Trinajstić information content (AvgIpc) is 2.53. The molecule has 0 heterocycles. The Hall–Kier alpha value is -2.40. The molecule has 120 valence electrons. The maximum Gasteiger partial charge on any atom is 0.248 e. The highest BCUT2D eigenvalue weighted by molar-refractivity contribution is 7.90. The first-order valence-electron chi connectivity index (χ1n) is 7.26. The van der Waals surface area contributed by atoms with Crippen LogP contribution in [-0.2, 0) is 21.1 Å². The molecule has 0 aliphatic heterocycles. The second-order valence-corrected chi connectivity index (χ2v) is 7.23. The van der Waals surface area contributed by atoms with Crippen molar-refractivity contribution in [3.05, 3.63) is 65.7 Å². The van der Waals surface area contributed by atoms with E-state index in [2.05, 4.69) is 12.2 Å². The van der Waals surface area contributed by atoms with Gasteiger partial charge in [0.25, 0.3) is 0 Å². The number of amides is 1. The lowest BCUT2D eigenvalue weighted by Crippen LogP contribution is -2.08. The van der Waals surface area contributed by atoms with Crippen LogP contribution in [0.4, 0.5) is 5.69 Å². The third kappa shape index (κ3) is 5.07. The number of carbonyl (C=O) groups excluding carboxylic acids is 1. The molecule has 0 radical (unpaired) electrons. The lowest BCUT2D eigenvalue weighted by molar-refractivity contribution is -0.111. The molecule has 2 aromatic carbocycles. The highest BCUT2D eigenvalue weighted by Crippen LogP contribution is 2.15. The summed E-state index contributed by atoms with van der Waals surface area (Å²) in [6, 6.07) is 14.1. The first-order chi connectivity index (χ1) is 10.9. The summed E-state index contributed by atoms with van der Waals surface area (Å²) < 4.78 is 23.0. The fourth-order valence-corrected chi connectivity index (χ4v) is 2.69. The first kappa shape index (κ1) is 17.0. The van der Waals surface area contributed by atoms with Crippen molar-refractivity contribution in [2.75, 3.05) is 11.6 Å². The van der Waals surface area contributed by atoms with Gasteiger partial charge in [-0.25, -0.2) is 8.42 Å². The molecule has 0 aliphatic carbocycles. The van der Waals surface area contributed by atoms with E-state index in [1.165, 1.54) is 23.8 Å². The van der Waals surface area contributed by atoms with Gasteiger partial charge >= 0.3 is 0 Å². The van der Waals surface area contributed by atoms with Gasteiger partial charge in [-0.3, -0.25) is 4.79 Å². The number of rotatable bonds is 5. The van der Waals surface area contributed by atoms with Gasteiger partial charge in [0.1, 0.15) is 0 Å². The molecule has 0 aliphatic rings. The largest absolute Gasteiger partial charge is 0.322 e. The van der Waals surface area contributed by atoms with E-state index in [1.54, 1.807) is 18.2 Å². The number of nitrogens with one attached hydrogen (secondary N) is 1. The molecule has 23 heavy (non-hydrogen) atoms. The van der Waals surface area contributed by atoms with Crippen molar-refractivity contribution in [1.82, 2.24) is 0 Å². The van der Waals surface area contributed by atoms with Crippen molar-refractivity contribution in [1.29, 1.82) is 0 Å². The van der Waals surface area contributed by atoms with E-state index in [9.17, 15) is 13.2 Å². The summed E-state index contributed by atoms with van der Waals surface area (Å²) in [6.45, 7) is 2.09. The third-order valence-corrected chi connectivity index (χ3v) is 4.46. The van der Waals surface area contributed by atoms with Crippen LogP contribution < -0.4 is 5.32 Å². The number of anilines is 1. The lowest BCUT2D eigenvalue weighted by Gasteiger charge is -2.04. The molecule has 2 aromatic rings. The standard InChI is InChI=1S/C18H19NO3S/c1-3-14-7-9-15(10-8-14)11-12-18(20)19-16-5-4-6-17(13-16)23(2,21)22/h4-13H,3H2,1-2H3,(H,19,20)/b12-11+. The SMILES string of the molecule is CCc1ccc(/C=C/C(=O)Nc2cccc(S(C)(=O)=O)c2)cc1. The summed E-state index contributed by atoms with van der Waals surface area (Å²) in [5, 5.41) is 2.66. The molecular weight excluding hydrogens is 310 g/mol. The van der Waals surface area contributed by atoms with Gasteiger partial charge in [-0.05, 0) is 41.8 Å². The number of sulfone groups is 1. The minimum Gasteiger partial charge on any atom is -0.322 e. The van der Waals surface area contributed by atoms with Crippen molar-refractivity contribution < 1.29 is 13.2 Å². The topological polar surface area (TPSA) is 63.2 Å². The Labute approximate surface area is 136 Å². The Morgan fingerprint density at radius 2 is 1.83 bits per heavy atom. The maximum atomic E-state index is 11.9. The molecule has 0 unspecified atom stereocenters. The molecule has 5 heteroatoms. The van der Waals surface area contributed by atoms with Crippen molar-refractivity contribution in [2.24, 2.45) is 0 Å². The smallest absolute Gasteiger partial charge is 0.248 e. The van der Waals surface area contributed by atoms with E-state index in [-0.39, 0.29) is 10.8 Å². The van der Waals surface area contributed by atoms with Crippen molar-refractivity contribution >= 4 is 27.5 Å². The molecule has 0 saturated carbocycles.